The fraction of sp³-hybridized carbons (Fsp3) is 0.133. The summed E-state index contributed by atoms with van der Waals surface area (Å²) in [6.07, 6.45) is 2.12. The number of carbonyl (C=O) groups is 2. The van der Waals surface area contributed by atoms with Gasteiger partial charge in [-0.15, -0.1) is 0 Å². The highest BCUT2D eigenvalue weighted by atomic mass is 16.5. The van der Waals surface area contributed by atoms with E-state index in [9.17, 15) is 9.59 Å². The third kappa shape index (κ3) is 2.69. The number of rotatable bonds is 3. The lowest BCUT2D eigenvalue weighted by atomic mass is 10.1. The van der Waals surface area contributed by atoms with Gasteiger partial charge in [-0.05, 0) is 35.9 Å². The van der Waals surface area contributed by atoms with Gasteiger partial charge in [0.1, 0.15) is 11.6 Å². The number of anilines is 1. The van der Waals surface area contributed by atoms with Gasteiger partial charge in [-0.2, -0.15) is 0 Å². The number of ether oxygens (including phenoxy) is 1. The number of carboxylic acids is 1. The van der Waals surface area contributed by atoms with Crippen LogP contribution in [0.4, 0.5) is 5.82 Å². The first kappa shape index (κ1) is 13.1. The third-order valence-electron chi connectivity index (χ3n) is 3.20. The minimum Gasteiger partial charge on any atom is -0.493 e. The Hall–Kier alpha value is -2.89. The van der Waals surface area contributed by atoms with Crippen molar-refractivity contribution >= 4 is 17.7 Å². The van der Waals surface area contributed by atoms with Crippen LogP contribution in [0, 0.1) is 0 Å². The summed E-state index contributed by atoms with van der Waals surface area (Å²) in [5, 5.41) is 11.5. The van der Waals surface area contributed by atoms with Gasteiger partial charge in [0, 0.05) is 18.2 Å². The van der Waals surface area contributed by atoms with Crippen LogP contribution in [0.5, 0.6) is 5.75 Å². The Bertz CT molecular complexity index is 727. The van der Waals surface area contributed by atoms with E-state index >= 15 is 0 Å². The number of nitrogens with zero attached hydrogens (tertiary/aromatic N) is 1. The number of aromatic nitrogens is 1. The minimum absolute atomic E-state index is 0.0719. The second-order valence-corrected chi connectivity index (χ2v) is 4.61. The molecule has 1 aliphatic rings. The summed E-state index contributed by atoms with van der Waals surface area (Å²) in [5.41, 5.74) is 1.55. The maximum Gasteiger partial charge on any atom is 0.335 e. The van der Waals surface area contributed by atoms with Crippen molar-refractivity contribution in [3.05, 3.63) is 53.2 Å². The van der Waals surface area contributed by atoms with Gasteiger partial charge in [0.25, 0.3) is 5.91 Å². The van der Waals surface area contributed by atoms with Crippen molar-refractivity contribution < 1.29 is 19.4 Å². The van der Waals surface area contributed by atoms with Gasteiger partial charge in [0.05, 0.1) is 12.2 Å². The molecule has 0 radical (unpaired) electrons. The molecule has 2 heterocycles. The molecule has 0 atom stereocenters. The van der Waals surface area contributed by atoms with Gasteiger partial charge in [-0.25, -0.2) is 9.78 Å². The number of hydrogen-bond acceptors (Lipinski definition) is 4. The quantitative estimate of drug-likeness (QED) is 0.899. The van der Waals surface area contributed by atoms with E-state index in [-0.39, 0.29) is 17.3 Å². The number of pyridine rings is 1. The van der Waals surface area contributed by atoms with Crippen molar-refractivity contribution in [2.75, 3.05) is 11.9 Å². The van der Waals surface area contributed by atoms with Crippen LogP contribution in [0.1, 0.15) is 26.3 Å². The molecule has 0 saturated carbocycles. The number of carboxylic acid groups (broad SMARTS) is 1. The van der Waals surface area contributed by atoms with Gasteiger partial charge in [0.15, 0.2) is 0 Å². The Morgan fingerprint density at radius 2 is 2.05 bits per heavy atom. The molecule has 0 unspecified atom stereocenters. The predicted octanol–water partition coefficient (Wildman–Crippen LogP) is 1.97. The van der Waals surface area contributed by atoms with E-state index in [0.717, 1.165) is 17.7 Å². The second kappa shape index (κ2) is 5.24. The smallest absolute Gasteiger partial charge is 0.335 e. The summed E-state index contributed by atoms with van der Waals surface area (Å²) in [7, 11) is 0. The van der Waals surface area contributed by atoms with Crippen molar-refractivity contribution in [2.45, 2.75) is 6.42 Å². The number of fused-ring (bicyclic) bond motifs is 1. The molecule has 2 N–H and O–H groups in total. The summed E-state index contributed by atoms with van der Waals surface area (Å²) in [5.74, 6) is -0.392. The molecular formula is C15H12N2O4. The number of nitrogens with one attached hydrogen (secondary N) is 1. The van der Waals surface area contributed by atoms with E-state index < -0.39 is 5.97 Å². The van der Waals surface area contributed by atoms with Crippen molar-refractivity contribution in [1.82, 2.24) is 4.98 Å². The zero-order chi connectivity index (χ0) is 14.8. The summed E-state index contributed by atoms with van der Waals surface area (Å²) >= 11 is 0. The van der Waals surface area contributed by atoms with Crippen LogP contribution in [-0.2, 0) is 6.42 Å². The highest BCUT2D eigenvalue weighted by Crippen LogP contribution is 2.26. The van der Waals surface area contributed by atoms with Crippen LogP contribution in [0.3, 0.4) is 0 Å². The summed E-state index contributed by atoms with van der Waals surface area (Å²) < 4.78 is 5.38. The highest BCUT2D eigenvalue weighted by molar-refractivity contribution is 6.04. The van der Waals surface area contributed by atoms with E-state index in [0.29, 0.717) is 12.2 Å². The van der Waals surface area contributed by atoms with Gasteiger partial charge in [-0.3, -0.25) is 4.79 Å². The molecule has 0 fully saturated rings. The third-order valence-corrected chi connectivity index (χ3v) is 3.20. The SMILES string of the molecule is O=C(O)c1ccnc(NC(=O)c2ccc3c(c2)CCO3)c1. The van der Waals surface area contributed by atoms with Crippen molar-refractivity contribution in [3.8, 4) is 5.75 Å². The predicted molar refractivity (Wildman–Crippen MR) is 74.8 cm³/mol. The summed E-state index contributed by atoms with van der Waals surface area (Å²) in [4.78, 5) is 27.0. The molecule has 1 aromatic carbocycles. The molecule has 0 aliphatic carbocycles. The number of amides is 1. The first-order valence-electron chi connectivity index (χ1n) is 6.40. The standard InChI is InChI=1S/C15H12N2O4/c18-14(10-1-2-12-9(7-10)4-6-21-12)17-13-8-11(15(19)20)3-5-16-13/h1-3,5,7-8H,4,6H2,(H,19,20)(H,16,17,18). The highest BCUT2D eigenvalue weighted by Gasteiger charge is 2.15. The fourth-order valence-corrected chi connectivity index (χ4v) is 2.15. The topological polar surface area (TPSA) is 88.5 Å². The monoisotopic (exact) mass is 284 g/mol. The zero-order valence-electron chi connectivity index (χ0n) is 11.0. The molecule has 0 spiro atoms. The Morgan fingerprint density at radius 3 is 2.86 bits per heavy atom. The maximum atomic E-state index is 12.2. The molecule has 0 saturated heterocycles. The Labute approximate surface area is 120 Å². The van der Waals surface area contributed by atoms with E-state index in [1.807, 2.05) is 0 Å². The molecule has 3 rings (SSSR count). The summed E-state index contributed by atoms with van der Waals surface area (Å²) in [6.45, 7) is 0.628. The molecule has 6 heteroatoms. The van der Waals surface area contributed by atoms with Gasteiger partial charge in [-0.1, -0.05) is 0 Å². The van der Waals surface area contributed by atoms with E-state index in [1.54, 1.807) is 18.2 Å². The molecule has 6 nitrogen and oxygen atoms in total. The van der Waals surface area contributed by atoms with Crippen LogP contribution in [0.15, 0.2) is 36.5 Å². The molecule has 106 valence electrons. The number of hydrogen-bond donors (Lipinski definition) is 2. The largest absolute Gasteiger partial charge is 0.493 e. The molecule has 1 amide bonds. The lowest BCUT2D eigenvalue weighted by Gasteiger charge is -2.06. The lowest BCUT2D eigenvalue weighted by Crippen LogP contribution is -2.13. The Balaban J connectivity index is 1.80. The van der Waals surface area contributed by atoms with Crippen LogP contribution in [0.2, 0.25) is 0 Å². The average Bonchev–Trinajstić information content (AvgIpc) is 2.94. The first-order valence-corrected chi connectivity index (χ1v) is 6.40. The Morgan fingerprint density at radius 1 is 1.19 bits per heavy atom. The van der Waals surface area contributed by atoms with Crippen molar-refractivity contribution in [1.29, 1.82) is 0 Å². The minimum atomic E-state index is -1.07. The molecule has 1 aliphatic heterocycles. The lowest BCUT2D eigenvalue weighted by molar-refractivity contribution is 0.0696. The van der Waals surface area contributed by atoms with Crippen LogP contribution in [-0.4, -0.2) is 28.6 Å². The molecule has 21 heavy (non-hydrogen) atoms. The van der Waals surface area contributed by atoms with E-state index in [4.69, 9.17) is 9.84 Å². The number of carbonyl (C=O) groups excluding carboxylic acids is 1. The van der Waals surface area contributed by atoms with Crippen LogP contribution >= 0.6 is 0 Å². The fourth-order valence-electron chi connectivity index (χ4n) is 2.15. The Kier molecular flexibility index (Phi) is 3.27. The van der Waals surface area contributed by atoms with Crippen LogP contribution in [0.25, 0.3) is 0 Å². The molecule has 0 bridgehead atoms. The summed E-state index contributed by atoms with van der Waals surface area (Å²) in [6, 6.07) is 7.89. The van der Waals surface area contributed by atoms with Gasteiger partial charge in [0.2, 0.25) is 0 Å². The van der Waals surface area contributed by atoms with Gasteiger partial charge >= 0.3 is 5.97 Å². The van der Waals surface area contributed by atoms with E-state index in [2.05, 4.69) is 10.3 Å². The van der Waals surface area contributed by atoms with Gasteiger partial charge < -0.3 is 15.2 Å². The van der Waals surface area contributed by atoms with E-state index in [1.165, 1.54) is 18.3 Å². The first-order chi connectivity index (χ1) is 10.1. The molecular weight excluding hydrogens is 272 g/mol. The maximum absolute atomic E-state index is 12.2. The van der Waals surface area contributed by atoms with Crippen molar-refractivity contribution in [2.24, 2.45) is 0 Å². The normalized spacial score (nSPS) is 12.4. The zero-order valence-corrected chi connectivity index (χ0v) is 11.0. The average molecular weight is 284 g/mol. The van der Waals surface area contributed by atoms with Crippen LogP contribution < -0.4 is 10.1 Å². The molecule has 1 aromatic heterocycles. The van der Waals surface area contributed by atoms with Crippen molar-refractivity contribution in [3.63, 3.8) is 0 Å². The second-order valence-electron chi connectivity index (χ2n) is 4.61. The number of aromatic carboxylic acids is 1. The molecule has 2 aromatic rings. The number of benzene rings is 1.